The van der Waals surface area contributed by atoms with Gasteiger partial charge in [-0.25, -0.2) is 17.2 Å². The van der Waals surface area contributed by atoms with Crippen molar-refractivity contribution in [1.29, 1.82) is 0 Å². The van der Waals surface area contributed by atoms with E-state index in [0.717, 1.165) is 12.1 Å². The van der Waals surface area contributed by atoms with Gasteiger partial charge in [0.05, 0.1) is 10.9 Å². The lowest BCUT2D eigenvalue weighted by molar-refractivity contribution is -0.117. The summed E-state index contributed by atoms with van der Waals surface area (Å²) in [5.74, 6) is -1.87. The van der Waals surface area contributed by atoms with Gasteiger partial charge in [0, 0.05) is 30.8 Å². The molecule has 5 nitrogen and oxygen atoms in total. The maximum Gasteiger partial charge on any atom is 0.244 e. The van der Waals surface area contributed by atoms with E-state index in [-0.39, 0.29) is 10.5 Å². The molecule has 156 valence electrons. The maximum atomic E-state index is 13.8. The Morgan fingerprint density at radius 2 is 1.72 bits per heavy atom. The third-order valence-electron chi connectivity index (χ3n) is 4.44. The van der Waals surface area contributed by atoms with Gasteiger partial charge in [0.1, 0.15) is 11.6 Å². The first-order valence-electron chi connectivity index (χ1n) is 9.22. The molecular weight excluding hydrogens is 398 g/mol. The fraction of sp³-hybridized carbons (Fsp3) is 0.286. The Morgan fingerprint density at radius 3 is 2.28 bits per heavy atom. The van der Waals surface area contributed by atoms with Gasteiger partial charge in [0.15, 0.2) is 0 Å². The van der Waals surface area contributed by atoms with Gasteiger partial charge in [-0.2, -0.15) is 4.31 Å². The van der Waals surface area contributed by atoms with Gasteiger partial charge in [-0.3, -0.25) is 4.79 Å². The van der Waals surface area contributed by atoms with Gasteiger partial charge in [0.2, 0.25) is 15.9 Å². The highest BCUT2D eigenvalue weighted by Gasteiger charge is 2.21. The molecule has 0 fully saturated rings. The lowest BCUT2D eigenvalue weighted by Crippen LogP contribution is -2.30. The molecule has 0 unspecified atom stereocenters. The molecule has 0 spiro atoms. The first-order chi connectivity index (χ1) is 13.7. The highest BCUT2D eigenvalue weighted by atomic mass is 32.2. The molecule has 0 heterocycles. The smallest absolute Gasteiger partial charge is 0.244 e. The molecule has 8 heteroatoms. The minimum Gasteiger partial charge on any atom is -0.346 e. The molecule has 0 aliphatic heterocycles. The van der Waals surface area contributed by atoms with E-state index in [2.05, 4.69) is 5.32 Å². The van der Waals surface area contributed by atoms with Gasteiger partial charge in [-0.05, 0) is 36.8 Å². The summed E-state index contributed by atoms with van der Waals surface area (Å²) in [6.45, 7) is 5.90. The molecule has 1 atom stereocenters. The van der Waals surface area contributed by atoms with Crippen molar-refractivity contribution in [2.45, 2.75) is 31.7 Å². The van der Waals surface area contributed by atoms with Gasteiger partial charge in [0.25, 0.3) is 0 Å². The van der Waals surface area contributed by atoms with E-state index in [1.165, 1.54) is 34.7 Å². The number of nitrogens with zero attached hydrogens (tertiary/aromatic N) is 1. The Kier molecular flexibility index (Phi) is 7.64. The van der Waals surface area contributed by atoms with Crippen LogP contribution in [0.15, 0.2) is 53.4 Å². The number of hydrogen-bond acceptors (Lipinski definition) is 3. The largest absolute Gasteiger partial charge is 0.346 e. The van der Waals surface area contributed by atoms with Crippen LogP contribution in [0.3, 0.4) is 0 Å². The van der Waals surface area contributed by atoms with E-state index in [4.69, 9.17) is 0 Å². The summed E-state index contributed by atoms with van der Waals surface area (Å²) in [5.41, 5.74) is 0.818. The molecule has 1 N–H and O–H groups in total. The van der Waals surface area contributed by atoms with Crippen molar-refractivity contribution in [3.8, 4) is 0 Å². The predicted molar refractivity (Wildman–Crippen MR) is 108 cm³/mol. The number of carbonyl (C=O) groups is 1. The molecule has 2 rings (SSSR count). The van der Waals surface area contributed by atoms with E-state index < -0.39 is 33.6 Å². The summed E-state index contributed by atoms with van der Waals surface area (Å²) in [5, 5.41) is 2.60. The monoisotopic (exact) mass is 422 g/mol. The third-order valence-corrected chi connectivity index (χ3v) is 6.50. The lowest BCUT2D eigenvalue weighted by Gasteiger charge is -2.18. The summed E-state index contributed by atoms with van der Waals surface area (Å²) in [6.07, 6.45) is 2.79. The second-order valence-corrected chi connectivity index (χ2v) is 8.33. The van der Waals surface area contributed by atoms with Crippen molar-refractivity contribution in [1.82, 2.24) is 9.62 Å². The van der Waals surface area contributed by atoms with Crippen LogP contribution in [-0.4, -0.2) is 31.7 Å². The highest BCUT2D eigenvalue weighted by Crippen LogP contribution is 2.18. The van der Waals surface area contributed by atoms with E-state index >= 15 is 0 Å². The van der Waals surface area contributed by atoms with Crippen molar-refractivity contribution in [3.05, 3.63) is 71.3 Å². The number of hydrogen-bond donors (Lipinski definition) is 1. The van der Waals surface area contributed by atoms with Crippen molar-refractivity contribution in [3.63, 3.8) is 0 Å². The van der Waals surface area contributed by atoms with E-state index in [1.807, 2.05) is 0 Å². The van der Waals surface area contributed by atoms with Crippen LogP contribution in [0.2, 0.25) is 0 Å². The lowest BCUT2D eigenvalue weighted by atomic mass is 10.1. The van der Waals surface area contributed by atoms with E-state index in [1.54, 1.807) is 32.9 Å². The first kappa shape index (κ1) is 22.7. The normalized spacial score (nSPS) is 13.0. The standard InChI is InChI=1S/C21H24F2N2O3S/c1-4-25(5-2)29(27,28)18-10-6-16(7-11-18)8-13-21(26)24-15(3)19-12-9-17(22)14-20(19)23/h6-15H,4-5H2,1-3H3,(H,24,26)/b13-8+/t15-/m1/s1. The molecule has 0 aliphatic rings. The number of carbonyl (C=O) groups excluding carboxylic acids is 1. The predicted octanol–water partition coefficient (Wildman–Crippen LogP) is 3.89. The van der Waals surface area contributed by atoms with Crippen LogP contribution in [0.4, 0.5) is 8.78 Å². The summed E-state index contributed by atoms with van der Waals surface area (Å²) >= 11 is 0. The molecule has 0 bridgehead atoms. The van der Waals surface area contributed by atoms with E-state index in [0.29, 0.717) is 18.7 Å². The molecule has 2 aromatic carbocycles. The van der Waals surface area contributed by atoms with Gasteiger partial charge in [-0.15, -0.1) is 0 Å². The number of nitrogens with one attached hydrogen (secondary N) is 1. The van der Waals surface area contributed by atoms with Crippen LogP contribution in [0, 0.1) is 11.6 Å². The third kappa shape index (κ3) is 5.71. The molecule has 29 heavy (non-hydrogen) atoms. The van der Waals surface area contributed by atoms with Gasteiger partial charge >= 0.3 is 0 Å². The summed E-state index contributed by atoms with van der Waals surface area (Å²) in [6, 6.07) is 8.71. The number of benzene rings is 2. The molecule has 0 aromatic heterocycles. The zero-order chi connectivity index (χ0) is 21.6. The number of amides is 1. The Morgan fingerprint density at radius 1 is 1.10 bits per heavy atom. The molecule has 2 aromatic rings. The van der Waals surface area contributed by atoms with E-state index in [9.17, 15) is 22.0 Å². The Hall–Kier alpha value is -2.58. The minimum absolute atomic E-state index is 0.180. The Labute approximate surface area is 170 Å². The number of sulfonamides is 1. The second-order valence-electron chi connectivity index (χ2n) is 6.39. The quantitative estimate of drug-likeness (QED) is 0.657. The molecule has 0 saturated carbocycles. The fourth-order valence-electron chi connectivity index (χ4n) is 2.83. The Bertz CT molecular complexity index is 985. The number of halogens is 2. The highest BCUT2D eigenvalue weighted by molar-refractivity contribution is 7.89. The first-order valence-corrected chi connectivity index (χ1v) is 10.7. The van der Waals surface area contributed by atoms with Gasteiger partial charge < -0.3 is 5.32 Å². The summed E-state index contributed by atoms with van der Waals surface area (Å²) in [4.78, 5) is 12.3. The van der Waals surface area contributed by atoms with Crippen LogP contribution < -0.4 is 5.32 Å². The molecular formula is C21H24F2N2O3S. The molecule has 0 aliphatic carbocycles. The summed E-state index contributed by atoms with van der Waals surface area (Å²) < 4.78 is 53.1. The molecule has 0 radical (unpaired) electrons. The molecule has 1 amide bonds. The summed E-state index contributed by atoms with van der Waals surface area (Å²) in [7, 11) is -3.54. The minimum atomic E-state index is -3.54. The van der Waals surface area contributed by atoms with Crippen LogP contribution in [-0.2, 0) is 14.8 Å². The van der Waals surface area contributed by atoms with Crippen LogP contribution in [0.1, 0.15) is 37.9 Å². The van der Waals surface area contributed by atoms with Crippen molar-refractivity contribution in [2.24, 2.45) is 0 Å². The van der Waals surface area contributed by atoms with Crippen LogP contribution in [0.25, 0.3) is 6.08 Å². The van der Waals surface area contributed by atoms with Crippen molar-refractivity contribution in [2.75, 3.05) is 13.1 Å². The maximum absolute atomic E-state index is 13.8. The van der Waals surface area contributed by atoms with Crippen molar-refractivity contribution >= 4 is 22.0 Å². The average Bonchev–Trinajstić information content (AvgIpc) is 2.67. The molecule has 0 saturated heterocycles. The Balaban J connectivity index is 2.05. The van der Waals surface area contributed by atoms with Crippen LogP contribution >= 0.6 is 0 Å². The zero-order valence-electron chi connectivity index (χ0n) is 16.5. The fourth-order valence-corrected chi connectivity index (χ4v) is 4.29. The average molecular weight is 422 g/mol. The van der Waals surface area contributed by atoms with Gasteiger partial charge in [-0.1, -0.05) is 32.0 Å². The second kappa shape index (κ2) is 9.76. The number of rotatable bonds is 8. The SMILES string of the molecule is CCN(CC)S(=O)(=O)c1ccc(/C=C/C(=O)N[C@H](C)c2ccc(F)cc2F)cc1. The topological polar surface area (TPSA) is 66.5 Å². The van der Waals surface area contributed by atoms with Crippen molar-refractivity contribution < 1.29 is 22.0 Å². The van der Waals surface area contributed by atoms with Crippen LogP contribution in [0.5, 0.6) is 0 Å². The zero-order valence-corrected chi connectivity index (χ0v) is 17.3.